The monoisotopic (exact) mass is 318 g/mol. The number of fused-ring (bicyclic) bond motifs is 3. The molecule has 4 heteroatoms. The van der Waals surface area contributed by atoms with Crippen LogP contribution in [0.4, 0.5) is 0 Å². The molecule has 0 N–H and O–H groups in total. The molecule has 4 rings (SSSR count). The SMILES string of the molecule is Cc1c(-c2ccccc2)oc2c3c(ccc2c1=O)OCC(C=O)=C3. The molecule has 0 atom stereocenters. The Morgan fingerprint density at radius 1 is 1.08 bits per heavy atom. The van der Waals surface area contributed by atoms with Crippen LogP contribution in [0.2, 0.25) is 0 Å². The van der Waals surface area contributed by atoms with Gasteiger partial charge in [0.25, 0.3) is 0 Å². The van der Waals surface area contributed by atoms with Gasteiger partial charge in [0.1, 0.15) is 30.0 Å². The average molecular weight is 318 g/mol. The third kappa shape index (κ3) is 2.15. The van der Waals surface area contributed by atoms with Crippen molar-refractivity contribution in [1.82, 2.24) is 0 Å². The molecular formula is C20H14O4. The minimum Gasteiger partial charge on any atom is -0.488 e. The molecule has 0 bridgehead atoms. The summed E-state index contributed by atoms with van der Waals surface area (Å²) in [6.07, 6.45) is 2.48. The van der Waals surface area contributed by atoms with Crippen molar-refractivity contribution in [3.8, 4) is 17.1 Å². The van der Waals surface area contributed by atoms with Crippen LogP contribution in [0, 0.1) is 6.92 Å². The Hall–Kier alpha value is -3.14. The van der Waals surface area contributed by atoms with Crippen LogP contribution in [0.3, 0.4) is 0 Å². The molecule has 0 radical (unpaired) electrons. The molecule has 0 fully saturated rings. The van der Waals surface area contributed by atoms with E-state index < -0.39 is 0 Å². The molecule has 0 spiro atoms. The summed E-state index contributed by atoms with van der Waals surface area (Å²) in [7, 11) is 0. The van der Waals surface area contributed by atoms with Gasteiger partial charge >= 0.3 is 0 Å². The molecule has 118 valence electrons. The fourth-order valence-electron chi connectivity index (χ4n) is 2.94. The number of hydrogen-bond acceptors (Lipinski definition) is 4. The van der Waals surface area contributed by atoms with Gasteiger partial charge in [-0.3, -0.25) is 9.59 Å². The zero-order valence-electron chi connectivity index (χ0n) is 13.0. The molecule has 4 nitrogen and oxygen atoms in total. The Kier molecular flexibility index (Phi) is 3.31. The van der Waals surface area contributed by atoms with Crippen molar-refractivity contribution < 1.29 is 13.9 Å². The number of carbonyl (C=O) groups is 1. The topological polar surface area (TPSA) is 56.5 Å². The summed E-state index contributed by atoms with van der Waals surface area (Å²) in [6.45, 7) is 1.99. The number of carbonyl (C=O) groups excluding carboxylic acids is 1. The Balaban J connectivity index is 2.09. The first-order valence-corrected chi connectivity index (χ1v) is 7.63. The Bertz CT molecular complexity index is 1040. The molecule has 2 aromatic carbocycles. The number of ether oxygens (including phenoxy) is 1. The van der Waals surface area contributed by atoms with Crippen LogP contribution in [0.1, 0.15) is 11.1 Å². The van der Waals surface area contributed by atoms with Crippen molar-refractivity contribution in [3.63, 3.8) is 0 Å². The first-order chi connectivity index (χ1) is 11.7. The minimum absolute atomic E-state index is 0.0791. The summed E-state index contributed by atoms with van der Waals surface area (Å²) < 4.78 is 11.7. The molecule has 0 aliphatic carbocycles. The quantitative estimate of drug-likeness (QED) is 0.675. The lowest BCUT2D eigenvalue weighted by atomic mass is 10.0. The van der Waals surface area contributed by atoms with Crippen molar-refractivity contribution in [2.24, 2.45) is 0 Å². The largest absolute Gasteiger partial charge is 0.488 e. The van der Waals surface area contributed by atoms with E-state index in [1.807, 2.05) is 30.3 Å². The van der Waals surface area contributed by atoms with Crippen molar-refractivity contribution in [2.45, 2.75) is 6.92 Å². The molecular weight excluding hydrogens is 304 g/mol. The minimum atomic E-state index is -0.0791. The van der Waals surface area contributed by atoms with Crippen molar-refractivity contribution in [2.75, 3.05) is 6.61 Å². The first kappa shape index (κ1) is 14.5. The number of hydrogen-bond donors (Lipinski definition) is 0. The summed E-state index contributed by atoms with van der Waals surface area (Å²) in [4.78, 5) is 23.8. The molecule has 0 saturated heterocycles. The van der Waals surface area contributed by atoms with Gasteiger partial charge in [-0.25, -0.2) is 0 Å². The van der Waals surface area contributed by atoms with Crippen LogP contribution in [0.15, 0.2) is 57.2 Å². The molecule has 0 amide bonds. The van der Waals surface area contributed by atoms with E-state index in [1.165, 1.54) is 0 Å². The molecule has 2 heterocycles. The van der Waals surface area contributed by atoms with Crippen LogP contribution in [-0.4, -0.2) is 12.9 Å². The molecule has 1 aromatic heterocycles. The first-order valence-electron chi connectivity index (χ1n) is 7.63. The number of rotatable bonds is 2. The third-order valence-electron chi connectivity index (χ3n) is 4.20. The second kappa shape index (κ2) is 5.49. The second-order valence-corrected chi connectivity index (χ2v) is 5.73. The predicted octanol–water partition coefficient (Wildman–Crippen LogP) is 3.74. The average Bonchev–Trinajstić information content (AvgIpc) is 2.64. The van der Waals surface area contributed by atoms with Crippen molar-refractivity contribution in [1.29, 1.82) is 0 Å². The highest BCUT2D eigenvalue weighted by Crippen LogP contribution is 2.34. The van der Waals surface area contributed by atoms with Crippen molar-refractivity contribution >= 4 is 23.3 Å². The van der Waals surface area contributed by atoms with E-state index in [0.717, 1.165) is 11.8 Å². The van der Waals surface area contributed by atoms with E-state index in [-0.39, 0.29) is 12.0 Å². The van der Waals surface area contributed by atoms with E-state index in [1.54, 1.807) is 25.1 Å². The van der Waals surface area contributed by atoms with E-state index in [4.69, 9.17) is 9.15 Å². The zero-order chi connectivity index (χ0) is 16.7. The maximum absolute atomic E-state index is 12.8. The lowest BCUT2D eigenvalue weighted by Crippen LogP contribution is -2.11. The van der Waals surface area contributed by atoms with Gasteiger partial charge in [-0.05, 0) is 25.1 Å². The van der Waals surface area contributed by atoms with Gasteiger partial charge in [-0.15, -0.1) is 0 Å². The van der Waals surface area contributed by atoms with Crippen LogP contribution in [-0.2, 0) is 4.79 Å². The number of aldehydes is 1. The summed E-state index contributed by atoms with van der Waals surface area (Å²) in [5.41, 5.74) is 2.91. The van der Waals surface area contributed by atoms with Crippen LogP contribution in [0.5, 0.6) is 5.75 Å². The van der Waals surface area contributed by atoms with Crippen LogP contribution < -0.4 is 10.2 Å². The fraction of sp³-hybridized carbons (Fsp3) is 0.100. The van der Waals surface area contributed by atoms with E-state index >= 15 is 0 Å². The van der Waals surface area contributed by atoms with Gasteiger partial charge < -0.3 is 9.15 Å². The highest BCUT2D eigenvalue weighted by atomic mass is 16.5. The summed E-state index contributed by atoms with van der Waals surface area (Å²) >= 11 is 0. The van der Waals surface area contributed by atoms with E-state index in [2.05, 4.69) is 0 Å². The maximum Gasteiger partial charge on any atom is 0.196 e. The lowest BCUT2D eigenvalue weighted by Gasteiger charge is -2.17. The summed E-state index contributed by atoms with van der Waals surface area (Å²) in [5.74, 6) is 1.15. The van der Waals surface area contributed by atoms with E-state index in [0.29, 0.717) is 39.2 Å². The standard InChI is InChI=1S/C20H14O4/c1-12-18(22)15-7-8-17-16(9-13(10-21)11-23-17)20(15)24-19(12)14-5-3-2-4-6-14/h2-10H,11H2,1H3. The number of benzene rings is 2. The Morgan fingerprint density at radius 2 is 1.88 bits per heavy atom. The molecule has 1 aliphatic rings. The maximum atomic E-state index is 12.8. The van der Waals surface area contributed by atoms with Gasteiger partial charge in [0.15, 0.2) is 5.43 Å². The highest BCUT2D eigenvalue weighted by molar-refractivity contribution is 5.95. The Labute approximate surface area is 138 Å². The lowest BCUT2D eigenvalue weighted by molar-refractivity contribution is -0.105. The van der Waals surface area contributed by atoms with Crippen LogP contribution in [0.25, 0.3) is 28.4 Å². The molecule has 1 aliphatic heterocycles. The van der Waals surface area contributed by atoms with Gasteiger partial charge in [0.2, 0.25) is 0 Å². The zero-order valence-corrected chi connectivity index (χ0v) is 13.0. The molecule has 3 aromatic rings. The summed E-state index contributed by atoms with van der Waals surface area (Å²) in [6, 6.07) is 13.0. The molecule has 24 heavy (non-hydrogen) atoms. The summed E-state index contributed by atoms with van der Waals surface area (Å²) in [5, 5.41) is 0.484. The van der Waals surface area contributed by atoms with E-state index in [9.17, 15) is 9.59 Å². The van der Waals surface area contributed by atoms with Crippen LogP contribution >= 0.6 is 0 Å². The van der Waals surface area contributed by atoms with Crippen molar-refractivity contribution in [3.05, 3.63) is 69.4 Å². The smallest absolute Gasteiger partial charge is 0.196 e. The Morgan fingerprint density at radius 3 is 2.62 bits per heavy atom. The van der Waals surface area contributed by atoms with Gasteiger partial charge in [-0.2, -0.15) is 0 Å². The third-order valence-corrected chi connectivity index (χ3v) is 4.20. The second-order valence-electron chi connectivity index (χ2n) is 5.73. The normalized spacial score (nSPS) is 13.1. The molecule has 0 saturated carbocycles. The highest BCUT2D eigenvalue weighted by Gasteiger charge is 2.20. The van der Waals surface area contributed by atoms with Gasteiger partial charge in [0.05, 0.1) is 10.9 Å². The molecule has 0 unspecified atom stereocenters. The van der Waals surface area contributed by atoms with Gasteiger partial charge in [-0.1, -0.05) is 30.3 Å². The predicted molar refractivity (Wildman–Crippen MR) is 92.2 cm³/mol. The van der Waals surface area contributed by atoms with Gasteiger partial charge in [0, 0.05) is 16.7 Å². The fourth-order valence-corrected chi connectivity index (χ4v) is 2.94.